The van der Waals surface area contributed by atoms with E-state index in [1.807, 2.05) is 29.2 Å². The van der Waals surface area contributed by atoms with Gasteiger partial charge in [0.2, 0.25) is 0 Å². The van der Waals surface area contributed by atoms with Gasteiger partial charge in [-0.15, -0.1) is 0 Å². The summed E-state index contributed by atoms with van der Waals surface area (Å²) < 4.78 is 13.5. The summed E-state index contributed by atoms with van der Waals surface area (Å²) in [6, 6.07) is 8.15. The lowest BCUT2D eigenvalue weighted by molar-refractivity contribution is -0.100. The number of hydrogen-bond acceptors (Lipinski definition) is 5. The van der Waals surface area contributed by atoms with E-state index in [1.165, 1.54) is 5.56 Å². The molecule has 0 radical (unpaired) electrons. The quantitative estimate of drug-likeness (QED) is 0.919. The maximum atomic E-state index is 6.10. The normalized spacial score (nSPS) is 20.7. The minimum atomic E-state index is 0.0495. The van der Waals surface area contributed by atoms with Gasteiger partial charge < -0.3 is 14.8 Å². The van der Waals surface area contributed by atoms with Gasteiger partial charge in [0.25, 0.3) is 0 Å². The van der Waals surface area contributed by atoms with Crippen molar-refractivity contribution in [1.29, 1.82) is 0 Å². The van der Waals surface area contributed by atoms with Crippen molar-refractivity contribution in [1.82, 2.24) is 20.0 Å². The number of hydrogen-bond donors (Lipinski definition) is 1. The molecule has 4 rings (SSSR count). The standard InChI is InChI=1S/C19H26N4O2/c1-24-17-3-4-18(23-9-2-7-21-23)16(13-17)14-22-10-5-19(6-11-22)15-20-8-12-25-19/h2-4,7,9,13,20H,5-6,8,10-12,14-15H2,1H3. The Morgan fingerprint density at radius 2 is 2.20 bits per heavy atom. The van der Waals surface area contributed by atoms with Gasteiger partial charge in [-0.3, -0.25) is 4.90 Å². The molecule has 0 aliphatic carbocycles. The van der Waals surface area contributed by atoms with Crippen molar-refractivity contribution in [3.8, 4) is 11.4 Å². The van der Waals surface area contributed by atoms with Crippen LogP contribution in [-0.4, -0.2) is 60.2 Å². The smallest absolute Gasteiger partial charge is 0.119 e. The Morgan fingerprint density at radius 3 is 2.88 bits per heavy atom. The van der Waals surface area contributed by atoms with E-state index in [1.54, 1.807) is 7.11 Å². The van der Waals surface area contributed by atoms with Crippen molar-refractivity contribution in [2.45, 2.75) is 25.0 Å². The number of aromatic nitrogens is 2. The number of ether oxygens (including phenoxy) is 2. The fraction of sp³-hybridized carbons (Fsp3) is 0.526. The highest BCUT2D eigenvalue weighted by Gasteiger charge is 2.36. The molecule has 6 heteroatoms. The molecule has 3 heterocycles. The lowest BCUT2D eigenvalue weighted by atomic mass is 9.90. The van der Waals surface area contributed by atoms with Gasteiger partial charge in [-0.1, -0.05) is 0 Å². The lowest BCUT2D eigenvalue weighted by Crippen LogP contribution is -2.55. The fourth-order valence-corrected chi connectivity index (χ4v) is 3.84. The van der Waals surface area contributed by atoms with E-state index in [-0.39, 0.29) is 5.60 Å². The summed E-state index contributed by atoms with van der Waals surface area (Å²) in [5.74, 6) is 0.888. The summed E-state index contributed by atoms with van der Waals surface area (Å²) in [5.41, 5.74) is 2.40. The van der Waals surface area contributed by atoms with E-state index in [2.05, 4.69) is 27.4 Å². The van der Waals surface area contributed by atoms with E-state index >= 15 is 0 Å². The minimum absolute atomic E-state index is 0.0495. The van der Waals surface area contributed by atoms with E-state index in [4.69, 9.17) is 9.47 Å². The average Bonchev–Trinajstić information content (AvgIpc) is 3.19. The van der Waals surface area contributed by atoms with Gasteiger partial charge in [0, 0.05) is 45.1 Å². The van der Waals surface area contributed by atoms with Crippen LogP contribution in [0, 0.1) is 0 Å². The molecule has 1 aromatic carbocycles. The number of morpholine rings is 1. The topological polar surface area (TPSA) is 51.5 Å². The van der Waals surface area contributed by atoms with Crippen LogP contribution in [-0.2, 0) is 11.3 Å². The van der Waals surface area contributed by atoms with E-state index in [0.717, 1.165) is 63.6 Å². The van der Waals surface area contributed by atoms with Crippen LogP contribution in [0.25, 0.3) is 5.69 Å². The van der Waals surface area contributed by atoms with Crippen LogP contribution in [0.15, 0.2) is 36.7 Å². The largest absolute Gasteiger partial charge is 0.497 e. The molecular formula is C19H26N4O2. The van der Waals surface area contributed by atoms with Crippen molar-refractivity contribution in [2.24, 2.45) is 0 Å². The van der Waals surface area contributed by atoms with Crippen LogP contribution >= 0.6 is 0 Å². The zero-order valence-corrected chi connectivity index (χ0v) is 14.8. The highest BCUT2D eigenvalue weighted by molar-refractivity contribution is 5.45. The van der Waals surface area contributed by atoms with Gasteiger partial charge in [-0.2, -0.15) is 5.10 Å². The number of nitrogens with one attached hydrogen (secondary N) is 1. The third-order valence-corrected chi connectivity index (χ3v) is 5.33. The number of likely N-dealkylation sites (tertiary alicyclic amines) is 1. The Morgan fingerprint density at radius 1 is 1.32 bits per heavy atom. The molecule has 1 aromatic heterocycles. The fourth-order valence-electron chi connectivity index (χ4n) is 3.84. The van der Waals surface area contributed by atoms with E-state index in [0.29, 0.717) is 0 Å². The molecule has 25 heavy (non-hydrogen) atoms. The second-order valence-electron chi connectivity index (χ2n) is 6.93. The van der Waals surface area contributed by atoms with Crippen LogP contribution in [0.4, 0.5) is 0 Å². The first-order chi connectivity index (χ1) is 12.3. The summed E-state index contributed by atoms with van der Waals surface area (Å²) in [5, 5.41) is 7.87. The summed E-state index contributed by atoms with van der Waals surface area (Å²) >= 11 is 0. The third-order valence-electron chi connectivity index (χ3n) is 5.33. The van der Waals surface area contributed by atoms with Gasteiger partial charge in [-0.05, 0) is 42.7 Å². The van der Waals surface area contributed by atoms with Crippen LogP contribution in [0.3, 0.4) is 0 Å². The average molecular weight is 342 g/mol. The van der Waals surface area contributed by atoms with E-state index in [9.17, 15) is 0 Å². The van der Waals surface area contributed by atoms with Gasteiger partial charge in [0.1, 0.15) is 5.75 Å². The first-order valence-corrected chi connectivity index (χ1v) is 9.02. The highest BCUT2D eigenvalue weighted by Crippen LogP contribution is 2.29. The van der Waals surface area contributed by atoms with Crippen LogP contribution in [0.1, 0.15) is 18.4 Å². The predicted molar refractivity (Wildman–Crippen MR) is 96.2 cm³/mol. The Bertz CT molecular complexity index is 685. The maximum absolute atomic E-state index is 6.10. The Balaban J connectivity index is 1.49. The Hall–Kier alpha value is -1.89. The molecule has 0 amide bonds. The number of piperidine rings is 1. The first-order valence-electron chi connectivity index (χ1n) is 9.02. The molecule has 134 valence electrons. The molecule has 2 aliphatic heterocycles. The zero-order valence-electron chi connectivity index (χ0n) is 14.8. The summed E-state index contributed by atoms with van der Waals surface area (Å²) in [6.45, 7) is 5.80. The molecule has 0 atom stereocenters. The number of rotatable bonds is 4. The Labute approximate surface area is 148 Å². The molecule has 0 unspecified atom stereocenters. The van der Waals surface area contributed by atoms with Crippen LogP contribution in [0.2, 0.25) is 0 Å². The second-order valence-corrected chi connectivity index (χ2v) is 6.93. The molecule has 2 saturated heterocycles. The lowest BCUT2D eigenvalue weighted by Gasteiger charge is -2.44. The molecule has 0 bridgehead atoms. The molecule has 2 aliphatic rings. The SMILES string of the molecule is COc1ccc(-n2cccn2)c(CN2CCC3(CC2)CNCCO3)c1. The van der Waals surface area contributed by atoms with Gasteiger partial charge in [0.05, 0.1) is 25.0 Å². The van der Waals surface area contributed by atoms with Crippen molar-refractivity contribution < 1.29 is 9.47 Å². The predicted octanol–water partition coefficient (Wildman–Crippen LogP) is 1.84. The van der Waals surface area contributed by atoms with Crippen LogP contribution in [0.5, 0.6) is 5.75 Å². The minimum Gasteiger partial charge on any atom is -0.497 e. The second kappa shape index (κ2) is 7.15. The third kappa shape index (κ3) is 3.56. The maximum Gasteiger partial charge on any atom is 0.119 e. The molecule has 1 spiro atoms. The molecule has 2 aromatic rings. The molecule has 6 nitrogen and oxygen atoms in total. The number of benzene rings is 1. The first kappa shape index (κ1) is 16.6. The van der Waals surface area contributed by atoms with Gasteiger partial charge in [-0.25, -0.2) is 4.68 Å². The highest BCUT2D eigenvalue weighted by atomic mass is 16.5. The van der Waals surface area contributed by atoms with Crippen molar-refractivity contribution in [2.75, 3.05) is 39.9 Å². The summed E-state index contributed by atoms with van der Waals surface area (Å²) in [4.78, 5) is 2.50. The molecular weight excluding hydrogens is 316 g/mol. The number of methoxy groups -OCH3 is 1. The number of nitrogens with zero attached hydrogens (tertiary/aromatic N) is 3. The van der Waals surface area contributed by atoms with Gasteiger partial charge in [0.15, 0.2) is 0 Å². The summed E-state index contributed by atoms with van der Waals surface area (Å²) in [6.07, 6.45) is 5.96. The summed E-state index contributed by atoms with van der Waals surface area (Å²) in [7, 11) is 1.71. The van der Waals surface area contributed by atoms with Crippen molar-refractivity contribution in [3.05, 3.63) is 42.2 Å². The molecule has 2 fully saturated rings. The molecule has 1 N–H and O–H groups in total. The van der Waals surface area contributed by atoms with Crippen molar-refractivity contribution in [3.63, 3.8) is 0 Å². The molecule has 0 saturated carbocycles. The van der Waals surface area contributed by atoms with E-state index < -0.39 is 0 Å². The Kier molecular flexibility index (Phi) is 4.74. The monoisotopic (exact) mass is 342 g/mol. The van der Waals surface area contributed by atoms with Crippen molar-refractivity contribution >= 4 is 0 Å². The zero-order chi connectivity index (χ0) is 17.1. The van der Waals surface area contributed by atoms with Gasteiger partial charge >= 0.3 is 0 Å². The van der Waals surface area contributed by atoms with Crippen LogP contribution < -0.4 is 10.1 Å².